The molecule has 0 saturated heterocycles. The number of nitrogens with two attached hydrogens (primary N) is 1. The third-order valence-corrected chi connectivity index (χ3v) is 5.09. The van der Waals surface area contributed by atoms with Crippen molar-refractivity contribution >= 4 is 15.7 Å². The molecule has 0 fully saturated rings. The number of nitrogens with zero attached hydrogens (tertiary/aromatic N) is 1. The molecule has 0 unspecified atom stereocenters. The maximum absolute atomic E-state index is 12.5. The van der Waals surface area contributed by atoms with Gasteiger partial charge >= 0.3 is 0 Å². The molecule has 0 spiro atoms. The number of hydrogen-bond acceptors (Lipinski definition) is 4. The fourth-order valence-electron chi connectivity index (χ4n) is 1.84. The highest BCUT2D eigenvalue weighted by molar-refractivity contribution is 7.89. The number of hydrogen-bond donors (Lipinski definition) is 2. The molecule has 0 heterocycles. The Bertz CT molecular complexity index is 526. The van der Waals surface area contributed by atoms with E-state index >= 15 is 0 Å². The van der Waals surface area contributed by atoms with Gasteiger partial charge in [0.25, 0.3) is 0 Å². The Morgan fingerprint density at radius 2 is 1.83 bits per heavy atom. The highest BCUT2D eigenvalue weighted by atomic mass is 32.2. The van der Waals surface area contributed by atoms with Crippen LogP contribution in [0, 0.1) is 13.8 Å². The van der Waals surface area contributed by atoms with Gasteiger partial charge in [-0.1, -0.05) is 19.1 Å². The number of nitrogen functional groups attached to an aromatic ring is 1. The molecule has 0 atom stereocenters. The normalized spacial score (nSPS) is 12.1. The molecule has 1 aromatic rings. The second kappa shape index (κ2) is 5.69. The third-order valence-electron chi connectivity index (χ3n) is 2.91. The molecule has 102 valence electrons. The highest BCUT2D eigenvalue weighted by Gasteiger charge is 2.27. The monoisotopic (exact) mass is 272 g/mol. The van der Waals surface area contributed by atoms with Gasteiger partial charge in [0.05, 0.1) is 12.3 Å². The first kappa shape index (κ1) is 14.9. The van der Waals surface area contributed by atoms with E-state index in [1.807, 2.05) is 0 Å². The van der Waals surface area contributed by atoms with Crippen molar-refractivity contribution in [2.24, 2.45) is 0 Å². The number of aliphatic hydroxyl groups excluding tert-OH is 1. The van der Waals surface area contributed by atoms with Crippen LogP contribution >= 0.6 is 0 Å². The SMILES string of the molecule is CCN(CCO)S(=O)(=O)c1c(C)ccc(C)c1N. The predicted molar refractivity (Wildman–Crippen MR) is 71.8 cm³/mol. The first-order valence-electron chi connectivity index (χ1n) is 5.83. The fraction of sp³-hybridized carbons (Fsp3) is 0.500. The fourth-order valence-corrected chi connectivity index (χ4v) is 3.67. The zero-order valence-corrected chi connectivity index (χ0v) is 11.8. The summed E-state index contributed by atoms with van der Waals surface area (Å²) in [5, 5.41) is 8.93. The smallest absolute Gasteiger partial charge is 0.245 e. The number of likely N-dealkylation sites (N-methyl/N-ethyl adjacent to an activating group) is 1. The van der Waals surface area contributed by atoms with E-state index in [9.17, 15) is 8.42 Å². The van der Waals surface area contributed by atoms with Crippen LogP contribution in [0.5, 0.6) is 0 Å². The zero-order chi connectivity index (χ0) is 13.9. The molecule has 0 aliphatic heterocycles. The molecule has 0 aliphatic carbocycles. The van der Waals surface area contributed by atoms with E-state index in [0.29, 0.717) is 12.1 Å². The van der Waals surface area contributed by atoms with Crippen LogP contribution < -0.4 is 5.73 Å². The standard InChI is InChI=1S/C12H20N2O3S/c1-4-14(7-8-15)18(16,17)12-10(3)6-5-9(2)11(12)13/h5-6,15H,4,7-8,13H2,1-3H3. The number of aryl methyl sites for hydroxylation is 2. The van der Waals surface area contributed by atoms with Crippen molar-refractivity contribution in [1.29, 1.82) is 0 Å². The Morgan fingerprint density at radius 1 is 1.28 bits per heavy atom. The van der Waals surface area contributed by atoms with E-state index in [4.69, 9.17) is 10.8 Å². The first-order chi connectivity index (χ1) is 8.36. The molecule has 5 nitrogen and oxygen atoms in total. The average Bonchev–Trinajstić information content (AvgIpc) is 2.30. The van der Waals surface area contributed by atoms with Crippen LogP contribution in [0.4, 0.5) is 5.69 Å². The molecule has 6 heteroatoms. The van der Waals surface area contributed by atoms with Gasteiger partial charge < -0.3 is 10.8 Å². The summed E-state index contributed by atoms with van der Waals surface area (Å²) >= 11 is 0. The Hall–Kier alpha value is -1.11. The van der Waals surface area contributed by atoms with E-state index in [-0.39, 0.29) is 23.7 Å². The van der Waals surface area contributed by atoms with Crippen molar-refractivity contribution in [3.8, 4) is 0 Å². The quantitative estimate of drug-likeness (QED) is 0.780. The summed E-state index contributed by atoms with van der Waals surface area (Å²) in [6.07, 6.45) is 0. The van der Waals surface area contributed by atoms with Crippen LogP contribution in [0.15, 0.2) is 17.0 Å². The van der Waals surface area contributed by atoms with Crippen LogP contribution in [0.2, 0.25) is 0 Å². The molecule has 1 rings (SSSR count). The summed E-state index contributed by atoms with van der Waals surface area (Å²) in [5.74, 6) is 0. The summed E-state index contributed by atoms with van der Waals surface area (Å²) in [5.41, 5.74) is 7.53. The van der Waals surface area contributed by atoms with Crippen molar-refractivity contribution in [2.45, 2.75) is 25.7 Å². The summed E-state index contributed by atoms with van der Waals surface area (Å²) < 4.78 is 26.2. The van der Waals surface area contributed by atoms with E-state index in [2.05, 4.69) is 0 Å². The molecule has 18 heavy (non-hydrogen) atoms. The molecule has 0 aromatic heterocycles. The minimum atomic E-state index is -3.65. The second-order valence-electron chi connectivity index (χ2n) is 4.16. The van der Waals surface area contributed by atoms with Gasteiger partial charge in [0.1, 0.15) is 4.90 Å². The zero-order valence-electron chi connectivity index (χ0n) is 11.0. The lowest BCUT2D eigenvalue weighted by atomic mass is 10.1. The molecule has 0 aliphatic rings. The topological polar surface area (TPSA) is 83.6 Å². The number of benzene rings is 1. The largest absolute Gasteiger partial charge is 0.397 e. The van der Waals surface area contributed by atoms with Crippen LogP contribution in [-0.4, -0.2) is 37.5 Å². The molecular formula is C12H20N2O3S. The third kappa shape index (κ3) is 2.66. The van der Waals surface area contributed by atoms with Gasteiger partial charge in [-0.15, -0.1) is 0 Å². The average molecular weight is 272 g/mol. The molecule has 0 saturated carbocycles. The lowest BCUT2D eigenvalue weighted by molar-refractivity contribution is 0.257. The first-order valence-corrected chi connectivity index (χ1v) is 7.27. The van der Waals surface area contributed by atoms with Crippen molar-refractivity contribution in [1.82, 2.24) is 4.31 Å². The minimum Gasteiger partial charge on any atom is -0.397 e. The van der Waals surface area contributed by atoms with Gasteiger partial charge in [0, 0.05) is 13.1 Å². The molecule has 0 amide bonds. The van der Waals surface area contributed by atoms with Crippen LogP contribution in [-0.2, 0) is 10.0 Å². The van der Waals surface area contributed by atoms with Crippen molar-refractivity contribution < 1.29 is 13.5 Å². The summed E-state index contributed by atoms with van der Waals surface area (Å²) in [7, 11) is -3.65. The Morgan fingerprint density at radius 3 is 2.33 bits per heavy atom. The van der Waals surface area contributed by atoms with Crippen LogP contribution in [0.25, 0.3) is 0 Å². The summed E-state index contributed by atoms with van der Waals surface area (Å²) in [6, 6.07) is 3.54. The maximum atomic E-state index is 12.5. The minimum absolute atomic E-state index is 0.0751. The lowest BCUT2D eigenvalue weighted by Gasteiger charge is -2.22. The second-order valence-corrected chi connectivity index (χ2v) is 6.04. The Kier molecular flexibility index (Phi) is 4.72. The van der Waals surface area contributed by atoms with Gasteiger partial charge in [-0.25, -0.2) is 8.42 Å². The Labute approximate surface area is 108 Å². The van der Waals surface area contributed by atoms with Crippen molar-refractivity contribution in [3.63, 3.8) is 0 Å². The highest BCUT2D eigenvalue weighted by Crippen LogP contribution is 2.28. The number of aliphatic hydroxyl groups is 1. The number of sulfonamides is 1. The molecular weight excluding hydrogens is 252 g/mol. The van der Waals surface area contributed by atoms with Crippen molar-refractivity contribution in [3.05, 3.63) is 23.3 Å². The van der Waals surface area contributed by atoms with Gasteiger partial charge in [0.15, 0.2) is 0 Å². The van der Waals surface area contributed by atoms with E-state index in [0.717, 1.165) is 5.56 Å². The maximum Gasteiger partial charge on any atom is 0.245 e. The molecule has 0 bridgehead atoms. The Balaban J connectivity index is 3.40. The molecule has 1 aromatic carbocycles. The van der Waals surface area contributed by atoms with E-state index in [1.54, 1.807) is 32.9 Å². The van der Waals surface area contributed by atoms with Gasteiger partial charge in [-0.3, -0.25) is 0 Å². The van der Waals surface area contributed by atoms with Crippen LogP contribution in [0.3, 0.4) is 0 Å². The van der Waals surface area contributed by atoms with Crippen LogP contribution in [0.1, 0.15) is 18.1 Å². The summed E-state index contributed by atoms with van der Waals surface area (Å²) in [6.45, 7) is 5.39. The number of rotatable bonds is 5. The van der Waals surface area contributed by atoms with E-state index in [1.165, 1.54) is 4.31 Å². The lowest BCUT2D eigenvalue weighted by Crippen LogP contribution is -2.34. The molecule has 0 radical (unpaired) electrons. The predicted octanol–water partition coefficient (Wildman–Crippen LogP) is 0.889. The van der Waals surface area contributed by atoms with Gasteiger partial charge in [-0.05, 0) is 25.0 Å². The molecule has 3 N–H and O–H groups in total. The van der Waals surface area contributed by atoms with E-state index < -0.39 is 10.0 Å². The number of anilines is 1. The van der Waals surface area contributed by atoms with Gasteiger partial charge in [0.2, 0.25) is 10.0 Å². The van der Waals surface area contributed by atoms with Crippen molar-refractivity contribution in [2.75, 3.05) is 25.4 Å². The summed E-state index contributed by atoms with van der Waals surface area (Å²) in [4.78, 5) is 0.151. The van der Waals surface area contributed by atoms with Gasteiger partial charge in [-0.2, -0.15) is 4.31 Å².